The molecule has 2 aromatic heterocycles. The topological polar surface area (TPSA) is 50.2 Å². The van der Waals surface area contributed by atoms with Crippen LogP contribution in [-0.2, 0) is 11.8 Å². The summed E-state index contributed by atoms with van der Waals surface area (Å²) in [6.07, 6.45) is 3.69. The second kappa shape index (κ2) is 6.19. The number of amides is 1. The highest BCUT2D eigenvalue weighted by atomic mass is 32.1. The average molecular weight is 292 g/mol. The molecule has 2 rings (SSSR count). The van der Waals surface area contributed by atoms with Crippen molar-refractivity contribution in [2.45, 2.75) is 19.0 Å². The van der Waals surface area contributed by atoms with E-state index in [1.54, 1.807) is 36.5 Å². The molecule has 0 aromatic carbocycles. The molecule has 0 bridgehead atoms. The maximum Gasteiger partial charge on any atom is 0.238 e. The first-order valence-electron chi connectivity index (χ1n) is 6.48. The van der Waals surface area contributed by atoms with Crippen LogP contribution in [0.2, 0.25) is 0 Å². The Hall–Kier alpha value is -1.66. The third-order valence-corrected chi connectivity index (χ3v) is 4.11. The van der Waals surface area contributed by atoms with Crippen molar-refractivity contribution in [3.05, 3.63) is 40.6 Å². The van der Waals surface area contributed by atoms with Gasteiger partial charge in [0.05, 0.1) is 6.04 Å². The van der Waals surface area contributed by atoms with E-state index < -0.39 is 0 Å². The van der Waals surface area contributed by atoms with Crippen molar-refractivity contribution in [1.82, 2.24) is 19.8 Å². The van der Waals surface area contributed by atoms with E-state index in [0.29, 0.717) is 0 Å². The Morgan fingerprint density at radius 3 is 2.75 bits per heavy atom. The fourth-order valence-corrected chi connectivity index (χ4v) is 2.88. The van der Waals surface area contributed by atoms with Crippen molar-refractivity contribution in [3.63, 3.8) is 0 Å². The van der Waals surface area contributed by atoms with Crippen LogP contribution < -0.4 is 5.32 Å². The molecule has 0 saturated carbocycles. The highest BCUT2D eigenvalue weighted by Crippen LogP contribution is 2.25. The van der Waals surface area contributed by atoms with Gasteiger partial charge in [-0.1, -0.05) is 6.07 Å². The molecule has 2 unspecified atom stereocenters. The first-order chi connectivity index (χ1) is 9.50. The Kier molecular flexibility index (Phi) is 4.57. The molecule has 1 N–H and O–H groups in total. The summed E-state index contributed by atoms with van der Waals surface area (Å²) in [4.78, 5) is 19.2. The van der Waals surface area contributed by atoms with Crippen LogP contribution in [0.15, 0.2) is 29.9 Å². The van der Waals surface area contributed by atoms with Crippen molar-refractivity contribution in [2.75, 3.05) is 14.1 Å². The summed E-state index contributed by atoms with van der Waals surface area (Å²) in [6.45, 7) is 1.88. The molecule has 2 atom stereocenters. The molecule has 0 radical (unpaired) electrons. The second-order valence-electron chi connectivity index (χ2n) is 4.97. The van der Waals surface area contributed by atoms with Crippen LogP contribution in [0, 0.1) is 0 Å². The van der Waals surface area contributed by atoms with E-state index in [4.69, 9.17) is 0 Å². The fourth-order valence-electron chi connectivity index (χ4n) is 2.10. The number of rotatable bonds is 5. The van der Waals surface area contributed by atoms with E-state index in [1.807, 2.05) is 36.2 Å². The number of likely N-dealkylation sites (N-methyl/N-ethyl adjacent to an activating group) is 1. The van der Waals surface area contributed by atoms with Gasteiger partial charge >= 0.3 is 0 Å². The number of thiophene rings is 1. The molecule has 0 aliphatic heterocycles. The quantitative estimate of drug-likeness (QED) is 0.911. The number of aryl methyl sites for hydroxylation is 1. The molecule has 0 saturated heterocycles. The summed E-state index contributed by atoms with van der Waals surface area (Å²) >= 11 is 1.66. The highest BCUT2D eigenvalue weighted by Gasteiger charge is 2.24. The molecule has 0 aliphatic rings. The maximum absolute atomic E-state index is 12.0. The van der Waals surface area contributed by atoms with E-state index in [-0.39, 0.29) is 18.0 Å². The number of aromatic nitrogens is 2. The lowest BCUT2D eigenvalue weighted by Gasteiger charge is -2.24. The van der Waals surface area contributed by atoms with Crippen molar-refractivity contribution >= 4 is 17.2 Å². The Balaban J connectivity index is 2.25. The van der Waals surface area contributed by atoms with Gasteiger partial charge in [0.15, 0.2) is 0 Å². The number of nitrogens with zero attached hydrogens (tertiary/aromatic N) is 3. The standard InChI is InChI=1S/C14H20N4OS/c1-10(14(19)17(2)3)16-12(11-6-5-9-20-11)13-15-7-8-18(13)4/h5-10,12,16H,1-4H3. The van der Waals surface area contributed by atoms with Gasteiger partial charge in [0.25, 0.3) is 0 Å². The van der Waals surface area contributed by atoms with Crippen LogP contribution in [0.1, 0.15) is 23.7 Å². The number of carbonyl (C=O) groups excluding carboxylic acids is 1. The lowest BCUT2D eigenvalue weighted by Crippen LogP contribution is -2.43. The summed E-state index contributed by atoms with van der Waals surface area (Å²) in [5, 5.41) is 5.41. The zero-order valence-electron chi connectivity index (χ0n) is 12.2. The average Bonchev–Trinajstić information content (AvgIpc) is 3.06. The minimum absolute atomic E-state index is 0.0563. The summed E-state index contributed by atoms with van der Waals surface area (Å²) in [6, 6.07) is 3.72. The Morgan fingerprint density at radius 2 is 2.25 bits per heavy atom. The van der Waals surface area contributed by atoms with Gasteiger partial charge in [-0.05, 0) is 18.4 Å². The third-order valence-electron chi connectivity index (χ3n) is 3.17. The van der Waals surface area contributed by atoms with Gasteiger partial charge in [-0.3, -0.25) is 10.1 Å². The summed E-state index contributed by atoms with van der Waals surface area (Å²) < 4.78 is 1.98. The molecule has 0 aliphatic carbocycles. The minimum atomic E-state index is -0.270. The predicted molar refractivity (Wildman–Crippen MR) is 80.7 cm³/mol. The molecule has 108 valence electrons. The van der Waals surface area contributed by atoms with Gasteiger partial charge in [-0.15, -0.1) is 11.3 Å². The van der Waals surface area contributed by atoms with Crippen LogP contribution >= 0.6 is 11.3 Å². The maximum atomic E-state index is 12.0. The summed E-state index contributed by atoms with van der Waals surface area (Å²) in [5.41, 5.74) is 0. The van der Waals surface area contributed by atoms with Crippen LogP contribution in [-0.4, -0.2) is 40.5 Å². The molecule has 0 fully saturated rings. The van der Waals surface area contributed by atoms with Crippen LogP contribution in [0.3, 0.4) is 0 Å². The van der Waals surface area contributed by atoms with Crippen molar-refractivity contribution in [3.8, 4) is 0 Å². The summed E-state index contributed by atoms with van der Waals surface area (Å²) in [7, 11) is 5.49. The molecular formula is C14H20N4OS. The number of carbonyl (C=O) groups is 1. The Morgan fingerprint density at radius 1 is 1.50 bits per heavy atom. The first-order valence-corrected chi connectivity index (χ1v) is 7.36. The van der Waals surface area contributed by atoms with E-state index in [2.05, 4.69) is 16.4 Å². The fraction of sp³-hybridized carbons (Fsp3) is 0.429. The molecule has 5 nitrogen and oxygen atoms in total. The minimum Gasteiger partial charge on any atom is -0.347 e. The zero-order chi connectivity index (χ0) is 14.7. The van der Waals surface area contributed by atoms with E-state index >= 15 is 0 Å². The molecule has 2 heterocycles. The number of nitrogens with one attached hydrogen (secondary N) is 1. The van der Waals surface area contributed by atoms with E-state index in [1.165, 1.54) is 0 Å². The van der Waals surface area contributed by atoms with Crippen molar-refractivity contribution < 1.29 is 4.79 Å². The lowest BCUT2D eigenvalue weighted by molar-refractivity contribution is -0.130. The molecule has 2 aromatic rings. The lowest BCUT2D eigenvalue weighted by atomic mass is 10.2. The molecule has 1 amide bonds. The number of hydrogen-bond acceptors (Lipinski definition) is 4. The third kappa shape index (κ3) is 3.08. The highest BCUT2D eigenvalue weighted by molar-refractivity contribution is 7.10. The molecular weight excluding hydrogens is 272 g/mol. The van der Waals surface area contributed by atoms with Gasteiger partial charge in [-0.2, -0.15) is 0 Å². The smallest absolute Gasteiger partial charge is 0.238 e. The summed E-state index contributed by atoms with van der Waals surface area (Å²) in [5.74, 6) is 0.964. The monoisotopic (exact) mass is 292 g/mol. The van der Waals surface area contributed by atoms with Gasteiger partial charge < -0.3 is 9.47 Å². The van der Waals surface area contributed by atoms with Gasteiger partial charge in [0, 0.05) is 38.4 Å². The normalized spacial score (nSPS) is 14.0. The molecule has 0 spiro atoms. The molecule has 20 heavy (non-hydrogen) atoms. The molecule has 6 heteroatoms. The van der Waals surface area contributed by atoms with E-state index in [0.717, 1.165) is 10.7 Å². The Bertz CT molecular complexity index is 562. The number of hydrogen-bond donors (Lipinski definition) is 1. The second-order valence-corrected chi connectivity index (χ2v) is 5.95. The van der Waals surface area contributed by atoms with Gasteiger partial charge in [0.2, 0.25) is 5.91 Å². The van der Waals surface area contributed by atoms with Gasteiger partial charge in [0.1, 0.15) is 11.9 Å². The van der Waals surface area contributed by atoms with E-state index in [9.17, 15) is 4.79 Å². The first kappa shape index (κ1) is 14.7. The van der Waals surface area contributed by atoms with Crippen molar-refractivity contribution in [2.24, 2.45) is 7.05 Å². The van der Waals surface area contributed by atoms with Crippen molar-refractivity contribution in [1.29, 1.82) is 0 Å². The predicted octanol–water partition coefficient (Wildman–Crippen LogP) is 1.64. The van der Waals surface area contributed by atoms with Crippen LogP contribution in [0.5, 0.6) is 0 Å². The largest absolute Gasteiger partial charge is 0.347 e. The zero-order valence-corrected chi connectivity index (χ0v) is 13.0. The van der Waals surface area contributed by atoms with Gasteiger partial charge in [-0.25, -0.2) is 4.98 Å². The SMILES string of the molecule is CC(NC(c1cccs1)c1nccn1C)C(=O)N(C)C. The van der Waals surface area contributed by atoms with Crippen LogP contribution in [0.4, 0.5) is 0 Å². The Labute approximate surface area is 123 Å². The number of imidazole rings is 1. The van der Waals surface area contributed by atoms with Crippen LogP contribution in [0.25, 0.3) is 0 Å².